The Balaban J connectivity index is 2.16. The SMILES string of the molecule is Cc1nccc2c1c(=O)n(C)c1cc(OCC(N)CC(C)C)c(C#N)cc21. The van der Waals surface area contributed by atoms with Crippen molar-refractivity contribution in [1.82, 2.24) is 9.55 Å². The van der Waals surface area contributed by atoms with Crippen LogP contribution in [-0.2, 0) is 7.05 Å². The van der Waals surface area contributed by atoms with Crippen LogP contribution in [0.15, 0.2) is 29.2 Å². The molecule has 1 atom stereocenters. The van der Waals surface area contributed by atoms with Crippen molar-refractivity contribution in [3.05, 3.63) is 46.0 Å². The molecular weight excluding hydrogens is 340 g/mol. The summed E-state index contributed by atoms with van der Waals surface area (Å²) >= 11 is 0. The van der Waals surface area contributed by atoms with E-state index in [4.69, 9.17) is 10.5 Å². The van der Waals surface area contributed by atoms with Crippen LogP contribution in [-0.4, -0.2) is 22.2 Å². The Hall–Kier alpha value is -2.91. The molecule has 2 heterocycles. The Morgan fingerprint density at radius 2 is 2.07 bits per heavy atom. The Morgan fingerprint density at radius 1 is 1.33 bits per heavy atom. The smallest absolute Gasteiger partial charge is 0.260 e. The Morgan fingerprint density at radius 3 is 2.74 bits per heavy atom. The number of aromatic nitrogens is 2. The summed E-state index contributed by atoms with van der Waals surface area (Å²) < 4.78 is 7.43. The Bertz CT molecular complexity index is 1110. The lowest BCUT2D eigenvalue weighted by molar-refractivity contribution is 0.270. The predicted molar refractivity (Wildman–Crippen MR) is 107 cm³/mol. The van der Waals surface area contributed by atoms with Gasteiger partial charge in [0.15, 0.2) is 0 Å². The normalized spacial score (nSPS) is 12.5. The van der Waals surface area contributed by atoms with Gasteiger partial charge in [0, 0.05) is 30.7 Å². The van der Waals surface area contributed by atoms with E-state index in [1.807, 2.05) is 13.0 Å². The predicted octanol–water partition coefficient (Wildman–Crippen LogP) is 3.02. The van der Waals surface area contributed by atoms with Crippen molar-refractivity contribution in [3.8, 4) is 11.8 Å². The highest BCUT2D eigenvalue weighted by molar-refractivity contribution is 6.07. The van der Waals surface area contributed by atoms with Crippen LogP contribution in [0.25, 0.3) is 21.7 Å². The molecule has 0 fully saturated rings. The van der Waals surface area contributed by atoms with E-state index in [2.05, 4.69) is 24.9 Å². The molecule has 3 aromatic rings. The third-order valence-electron chi connectivity index (χ3n) is 4.76. The van der Waals surface area contributed by atoms with Gasteiger partial charge in [0.2, 0.25) is 0 Å². The standard InChI is InChI=1S/C21H24N4O2/c1-12(2)7-15(23)11-27-19-9-18-17(8-14(19)10-22)16-5-6-24-13(3)20(16)21(26)25(18)4/h5-6,8-9,12,15H,7,11,23H2,1-4H3. The first-order valence-electron chi connectivity index (χ1n) is 9.04. The van der Waals surface area contributed by atoms with Crippen LogP contribution in [0, 0.1) is 24.2 Å². The first kappa shape index (κ1) is 18.9. The first-order chi connectivity index (χ1) is 12.8. The number of nitriles is 1. The molecule has 3 rings (SSSR count). The van der Waals surface area contributed by atoms with Gasteiger partial charge in [0.1, 0.15) is 18.4 Å². The largest absolute Gasteiger partial charge is 0.491 e. The summed E-state index contributed by atoms with van der Waals surface area (Å²) in [5, 5.41) is 11.8. The maximum atomic E-state index is 12.8. The number of aryl methyl sites for hydroxylation is 2. The summed E-state index contributed by atoms with van der Waals surface area (Å²) in [5.74, 6) is 0.920. The number of fused-ring (bicyclic) bond motifs is 3. The van der Waals surface area contributed by atoms with Crippen LogP contribution in [0.2, 0.25) is 0 Å². The number of hydrogen-bond donors (Lipinski definition) is 1. The lowest BCUT2D eigenvalue weighted by atomic mass is 10.0. The summed E-state index contributed by atoms with van der Waals surface area (Å²) in [6, 6.07) is 7.43. The molecule has 0 aliphatic heterocycles. The fourth-order valence-corrected chi connectivity index (χ4v) is 3.48. The fraction of sp³-hybridized carbons (Fsp3) is 0.381. The maximum Gasteiger partial charge on any atom is 0.260 e. The van der Waals surface area contributed by atoms with Crippen molar-refractivity contribution in [2.75, 3.05) is 6.61 Å². The molecule has 2 aromatic heterocycles. The number of pyridine rings is 2. The second-order valence-electron chi connectivity index (χ2n) is 7.36. The van der Waals surface area contributed by atoms with Gasteiger partial charge >= 0.3 is 0 Å². The van der Waals surface area contributed by atoms with Crippen LogP contribution >= 0.6 is 0 Å². The second kappa shape index (κ2) is 7.37. The van der Waals surface area contributed by atoms with Crippen LogP contribution in [0.1, 0.15) is 31.5 Å². The van der Waals surface area contributed by atoms with Gasteiger partial charge < -0.3 is 15.0 Å². The average molecular weight is 364 g/mol. The van der Waals surface area contributed by atoms with Gasteiger partial charge in [0.25, 0.3) is 5.56 Å². The van der Waals surface area contributed by atoms with Crippen LogP contribution < -0.4 is 16.0 Å². The molecule has 6 nitrogen and oxygen atoms in total. The molecule has 0 aliphatic rings. The summed E-state index contributed by atoms with van der Waals surface area (Å²) in [4.78, 5) is 17.0. The van der Waals surface area contributed by atoms with Gasteiger partial charge in [-0.05, 0) is 36.8 Å². The molecule has 1 aromatic carbocycles. The van der Waals surface area contributed by atoms with E-state index in [1.54, 1.807) is 29.9 Å². The highest BCUT2D eigenvalue weighted by atomic mass is 16.5. The average Bonchev–Trinajstić information content (AvgIpc) is 2.63. The van der Waals surface area contributed by atoms with Crippen molar-refractivity contribution >= 4 is 21.7 Å². The highest BCUT2D eigenvalue weighted by Gasteiger charge is 2.16. The quantitative estimate of drug-likeness (QED) is 0.702. The van der Waals surface area contributed by atoms with Crippen molar-refractivity contribution < 1.29 is 4.74 Å². The Kier molecular flexibility index (Phi) is 5.15. The number of nitrogens with two attached hydrogens (primary N) is 1. The van der Waals surface area contributed by atoms with E-state index in [0.29, 0.717) is 40.4 Å². The number of ether oxygens (including phenoxy) is 1. The molecule has 27 heavy (non-hydrogen) atoms. The zero-order valence-corrected chi connectivity index (χ0v) is 16.1. The summed E-state index contributed by atoms with van der Waals surface area (Å²) in [5.41, 5.74) is 7.80. The van der Waals surface area contributed by atoms with Crippen molar-refractivity contribution in [1.29, 1.82) is 5.26 Å². The van der Waals surface area contributed by atoms with Gasteiger partial charge in [-0.15, -0.1) is 0 Å². The topological polar surface area (TPSA) is 93.9 Å². The molecule has 0 aliphatic carbocycles. The van der Waals surface area contributed by atoms with Gasteiger partial charge in [-0.2, -0.15) is 5.26 Å². The van der Waals surface area contributed by atoms with Gasteiger partial charge in [-0.25, -0.2) is 0 Å². The maximum absolute atomic E-state index is 12.8. The molecule has 2 N–H and O–H groups in total. The molecule has 0 bridgehead atoms. The van der Waals surface area contributed by atoms with Crippen molar-refractivity contribution in [2.24, 2.45) is 18.7 Å². The zero-order valence-electron chi connectivity index (χ0n) is 16.1. The van der Waals surface area contributed by atoms with Crippen molar-refractivity contribution in [2.45, 2.75) is 33.2 Å². The Labute approximate surface area is 158 Å². The molecule has 0 saturated carbocycles. The van der Waals surface area contributed by atoms with Crippen molar-refractivity contribution in [3.63, 3.8) is 0 Å². The van der Waals surface area contributed by atoms with Gasteiger partial charge in [0.05, 0.1) is 22.2 Å². The van der Waals surface area contributed by atoms with E-state index in [0.717, 1.165) is 17.2 Å². The summed E-state index contributed by atoms with van der Waals surface area (Å²) in [6.07, 6.45) is 2.52. The van der Waals surface area contributed by atoms with Gasteiger partial charge in [-0.1, -0.05) is 13.8 Å². The van der Waals surface area contributed by atoms with E-state index in [-0.39, 0.29) is 11.6 Å². The van der Waals surface area contributed by atoms with E-state index < -0.39 is 0 Å². The third kappa shape index (κ3) is 3.51. The summed E-state index contributed by atoms with van der Waals surface area (Å²) in [7, 11) is 1.72. The van der Waals surface area contributed by atoms with E-state index in [1.165, 1.54) is 0 Å². The minimum absolute atomic E-state index is 0.110. The van der Waals surface area contributed by atoms with Gasteiger partial charge in [-0.3, -0.25) is 9.78 Å². The van der Waals surface area contributed by atoms with Crippen LogP contribution in [0.3, 0.4) is 0 Å². The molecule has 0 spiro atoms. The zero-order chi connectivity index (χ0) is 19.7. The van der Waals surface area contributed by atoms with Crippen LogP contribution in [0.5, 0.6) is 5.75 Å². The molecule has 140 valence electrons. The minimum Gasteiger partial charge on any atom is -0.491 e. The third-order valence-corrected chi connectivity index (χ3v) is 4.76. The monoisotopic (exact) mass is 364 g/mol. The minimum atomic E-state index is -0.115. The number of benzene rings is 1. The lowest BCUT2D eigenvalue weighted by Gasteiger charge is -2.17. The molecular formula is C21H24N4O2. The second-order valence-corrected chi connectivity index (χ2v) is 7.36. The van der Waals surface area contributed by atoms with E-state index >= 15 is 0 Å². The molecule has 1 unspecified atom stereocenters. The lowest BCUT2D eigenvalue weighted by Crippen LogP contribution is -2.29. The summed E-state index contributed by atoms with van der Waals surface area (Å²) in [6.45, 7) is 6.35. The molecule has 0 amide bonds. The first-order valence-corrected chi connectivity index (χ1v) is 9.04. The number of nitrogens with zero attached hydrogens (tertiary/aromatic N) is 3. The van der Waals surface area contributed by atoms with Crippen LogP contribution in [0.4, 0.5) is 0 Å². The number of hydrogen-bond acceptors (Lipinski definition) is 5. The highest BCUT2D eigenvalue weighted by Crippen LogP contribution is 2.30. The molecule has 0 radical (unpaired) electrons. The molecule has 6 heteroatoms. The number of rotatable bonds is 5. The fourth-order valence-electron chi connectivity index (χ4n) is 3.48. The van der Waals surface area contributed by atoms with E-state index in [9.17, 15) is 10.1 Å². The molecule has 0 saturated heterocycles.